The number of furan rings is 2. The third-order valence-electron chi connectivity index (χ3n) is 17.0. The van der Waals surface area contributed by atoms with Crippen LogP contribution in [0.2, 0.25) is 0 Å². The maximum absolute atomic E-state index is 6.69. The molecular formula is C78H46O2. The molecule has 0 bridgehead atoms. The van der Waals surface area contributed by atoms with Crippen LogP contribution in [-0.2, 0) is 0 Å². The van der Waals surface area contributed by atoms with Crippen molar-refractivity contribution in [2.24, 2.45) is 0 Å². The lowest BCUT2D eigenvalue weighted by Gasteiger charge is -2.19. The lowest BCUT2D eigenvalue weighted by molar-refractivity contribution is 0.669. The van der Waals surface area contributed by atoms with Crippen LogP contribution in [0.25, 0.3) is 175 Å². The van der Waals surface area contributed by atoms with Gasteiger partial charge in [-0.15, -0.1) is 0 Å². The highest BCUT2D eigenvalue weighted by Gasteiger charge is 2.22. The zero-order valence-electron chi connectivity index (χ0n) is 43.4. The highest BCUT2D eigenvalue weighted by atomic mass is 16.3. The van der Waals surface area contributed by atoms with Gasteiger partial charge in [-0.3, -0.25) is 0 Å². The highest BCUT2D eigenvalue weighted by molar-refractivity contribution is 6.26. The molecule has 0 aliphatic carbocycles. The fourth-order valence-electron chi connectivity index (χ4n) is 13.4. The van der Waals surface area contributed by atoms with E-state index in [9.17, 15) is 0 Å². The molecule has 0 saturated heterocycles. The largest absolute Gasteiger partial charge is 0.456 e. The lowest BCUT2D eigenvalue weighted by Crippen LogP contribution is -1.92. The predicted molar refractivity (Wildman–Crippen MR) is 339 cm³/mol. The third kappa shape index (κ3) is 6.79. The Kier molecular flexibility index (Phi) is 9.75. The molecular weight excluding hydrogens is 969 g/mol. The van der Waals surface area contributed by atoms with E-state index in [1.165, 1.54) is 104 Å². The number of benzene rings is 15. The summed E-state index contributed by atoms with van der Waals surface area (Å²) in [6, 6.07) is 102. The zero-order valence-corrected chi connectivity index (χ0v) is 43.4. The number of hydrogen-bond acceptors (Lipinski definition) is 2. The molecule has 17 aromatic rings. The van der Waals surface area contributed by atoms with Crippen molar-refractivity contribution in [2.45, 2.75) is 0 Å². The van der Waals surface area contributed by atoms with E-state index in [0.717, 1.165) is 71.3 Å². The van der Waals surface area contributed by atoms with E-state index in [4.69, 9.17) is 8.83 Å². The second-order valence-corrected chi connectivity index (χ2v) is 21.4. The summed E-state index contributed by atoms with van der Waals surface area (Å²) >= 11 is 0. The standard InChI is InChI=1S/C78H46O2/c1-3-15-47(16-4-1)48-27-29-51(30-28-48)74-61-23-11-14-26-64(61)76(56-36-40-69-67(46-56)77-57-20-8-7-17-49(57)33-41-71(77)79-69)66-44-53(32-38-65(66)74)52-31-37-58-54(43-52)34-42-72-78(58)68-45-55(35-39-70(68)80-72)75-62-24-12-9-21-59(62)73(50-18-5-2-6-19-50)60-22-10-13-25-63(60)75/h1-46H. The van der Waals surface area contributed by atoms with E-state index >= 15 is 0 Å². The molecule has 0 aliphatic heterocycles. The lowest BCUT2D eigenvalue weighted by atomic mass is 9.84. The van der Waals surface area contributed by atoms with E-state index in [0.29, 0.717) is 0 Å². The first-order chi connectivity index (χ1) is 39.7. The minimum Gasteiger partial charge on any atom is -0.456 e. The number of rotatable bonds is 6. The Morgan fingerprint density at radius 2 is 0.487 bits per heavy atom. The zero-order chi connectivity index (χ0) is 52.4. The molecule has 17 rings (SSSR count). The average molecular weight is 1020 g/mol. The Bertz CT molecular complexity index is 5340. The van der Waals surface area contributed by atoms with Gasteiger partial charge in [0, 0.05) is 21.5 Å². The van der Waals surface area contributed by atoms with Crippen LogP contribution < -0.4 is 0 Å². The fraction of sp³-hybridized carbons (Fsp3) is 0. The molecule has 0 radical (unpaired) electrons. The quantitative estimate of drug-likeness (QED) is 0.155. The minimum absolute atomic E-state index is 0.879. The number of fused-ring (bicyclic) bond motifs is 14. The number of hydrogen-bond donors (Lipinski definition) is 0. The van der Waals surface area contributed by atoms with Crippen LogP contribution >= 0.6 is 0 Å². The summed E-state index contributed by atoms with van der Waals surface area (Å²) in [6.07, 6.45) is 0. The topological polar surface area (TPSA) is 26.3 Å². The molecule has 0 fully saturated rings. The van der Waals surface area contributed by atoms with Gasteiger partial charge in [0.1, 0.15) is 22.3 Å². The van der Waals surface area contributed by atoms with E-state index in [1.807, 2.05) is 0 Å². The first kappa shape index (κ1) is 44.6. The Hall–Kier alpha value is -10.5. The molecule has 80 heavy (non-hydrogen) atoms. The van der Waals surface area contributed by atoms with E-state index < -0.39 is 0 Å². The van der Waals surface area contributed by atoms with Gasteiger partial charge in [-0.05, 0) is 180 Å². The molecule has 0 saturated carbocycles. The van der Waals surface area contributed by atoms with Crippen LogP contribution in [0.4, 0.5) is 0 Å². The van der Waals surface area contributed by atoms with Crippen molar-refractivity contribution in [1.82, 2.24) is 0 Å². The fourth-order valence-corrected chi connectivity index (χ4v) is 13.4. The predicted octanol–water partition coefficient (Wildman–Crippen LogP) is 22.4. The highest BCUT2D eigenvalue weighted by Crippen LogP contribution is 2.49. The van der Waals surface area contributed by atoms with Crippen molar-refractivity contribution < 1.29 is 8.83 Å². The normalized spacial score (nSPS) is 12.0. The van der Waals surface area contributed by atoms with Crippen LogP contribution in [0.15, 0.2) is 288 Å². The molecule has 0 atom stereocenters. The van der Waals surface area contributed by atoms with Crippen LogP contribution in [0.5, 0.6) is 0 Å². The molecule has 15 aromatic carbocycles. The average Bonchev–Trinajstić information content (AvgIpc) is 4.14. The second-order valence-electron chi connectivity index (χ2n) is 21.4. The molecule has 0 aliphatic rings. The van der Waals surface area contributed by atoms with Gasteiger partial charge in [-0.2, -0.15) is 0 Å². The first-order valence-electron chi connectivity index (χ1n) is 27.5. The van der Waals surface area contributed by atoms with Gasteiger partial charge in [0.05, 0.1) is 0 Å². The van der Waals surface area contributed by atoms with Crippen LogP contribution in [0.3, 0.4) is 0 Å². The van der Waals surface area contributed by atoms with E-state index in [-0.39, 0.29) is 0 Å². The summed E-state index contributed by atoms with van der Waals surface area (Å²) in [5, 5.41) is 19.0. The van der Waals surface area contributed by atoms with E-state index in [1.54, 1.807) is 0 Å². The van der Waals surface area contributed by atoms with Gasteiger partial charge in [-0.1, -0.05) is 231 Å². The summed E-state index contributed by atoms with van der Waals surface area (Å²) < 4.78 is 13.3. The summed E-state index contributed by atoms with van der Waals surface area (Å²) in [4.78, 5) is 0. The Morgan fingerprint density at radius 3 is 1.04 bits per heavy atom. The molecule has 2 heterocycles. The Balaban J connectivity index is 0.858. The second kappa shape index (κ2) is 17.5. The Labute approximate surface area is 460 Å². The van der Waals surface area contributed by atoms with Crippen molar-refractivity contribution in [3.63, 3.8) is 0 Å². The summed E-state index contributed by atoms with van der Waals surface area (Å²) in [6.45, 7) is 0. The molecule has 370 valence electrons. The van der Waals surface area contributed by atoms with Crippen LogP contribution in [0.1, 0.15) is 0 Å². The minimum atomic E-state index is 0.879. The van der Waals surface area contributed by atoms with Gasteiger partial charge in [0.25, 0.3) is 0 Å². The van der Waals surface area contributed by atoms with Crippen LogP contribution in [-0.4, -0.2) is 0 Å². The van der Waals surface area contributed by atoms with Crippen molar-refractivity contribution in [3.05, 3.63) is 279 Å². The summed E-state index contributed by atoms with van der Waals surface area (Å²) in [5.74, 6) is 0. The van der Waals surface area contributed by atoms with Crippen LogP contribution in [0, 0.1) is 0 Å². The Morgan fingerprint density at radius 1 is 0.163 bits per heavy atom. The molecule has 2 aromatic heterocycles. The van der Waals surface area contributed by atoms with Gasteiger partial charge in [0.2, 0.25) is 0 Å². The monoisotopic (exact) mass is 1010 g/mol. The molecule has 0 unspecified atom stereocenters. The van der Waals surface area contributed by atoms with Crippen molar-refractivity contribution in [2.75, 3.05) is 0 Å². The van der Waals surface area contributed by atoms with Crippen molar-refractivity contribution in [1.29, 1.82) is 0 Å². The molecule has 2 nitrogen and oxygen atoms in total. The molecule has 0 N–H and O–H groups in total. The molecule has 0 spiro atoms. The maximum atomic E-state index is 6.69. The maximum Gasteiger partial charge on any atom is 0.136 e. The van der Waals surface area contributed by atoms with E-state index in [2.05, 4.69) is 279 Å². The van der Waals surface area contributed by atoms with Gasteiger partial charge < -0.3 is 8.83 Å². The van der Waals surface area contributed by atoms with Gasteiger partial charge in [0.15, 0.2) is 0 Å². The first-order valence-corrected chi connectivity index (χ1v) is 27.5. The summed E-state index contributed by atoms with van der Waals surface area (Å²) in [5.41, 5.74) is 17.9. The summed E-state index contributed by atoms with van der Waals surface area (Å²) in [7, 11) is 0. The SMILES string of the molecule is c1ccc(-c2ccc(-c3c4ccccc4c(-c4ccc5oc6ccc7ccccc7c6c5c4)c4cc(-c5ccc6c(ccc7oc8ccc(-c9c%10ccccc%10c(-c%10ccccc%10)c%10ccccc9%10)cc8c76)c5)ccc34)cc2)cc1. The van der Waals surface area contributed by atoms with Crippen molar-refractivity contribution in [3.8, 4) is 66.8 Å². The van der Waals surface area contributed by atoms with Gasteiger partial charge >= 0.3 is 0 Å². The molecule has 2 heteroatoms. The van der Waals surface area contributed by atoms with Crippen molar-refractivity contribution >= 4 is 109 Å². The third-order valence-corrected chi connectivity index (χ3v) is 17.0. The molecule has 0 amide bonds. The smallest absolute Gasteiger partial charge is 0.136 e. The van der Waals surface area contributed by atoms with Gasteiger partial charge in [-0.25, -0.2) is 0 Å².